The van der Waals surface area contributed by atoms with Crippen molar-refractivity contribution < 1.29 is 26.0 Å². The number of anilines is 1. The van der Waals surface area contributed by atoms with Crippen LogP contribution in [0.25, 0.3) is 0 Å². The van der Waals surface area contributed by atoms with E-state index in [-0.39, 0.29) is 0 Å². The molecule has 0 spiro atoms. The molecule has 15 heavy (non-hydrogen) atoms. The number of nitrogens with one attached hydrogen (secondary N) is 1. The Morgan fingerprint density at radius 1 is 1.27 bits per heavy atom. The summed E-state index contributed by atoms with van der Waals surface area (Å²) in [6, 6.07) is 4.36. The number of benzene rings is 1. The lowest BCUT2D eigenvalue weighted by Gasteiger charge is -2.09. The van der Waals surface area contributed by atoms with Crippen LogP contribution in [0.4, 0.5) is 23.2 Å². The summed E-state index contributed by atoms with van der Waals surface area (Å²) in [7, 11) is -5.47. The standard InChI is InChI=1S/C7H4F4NO2S/c8-5-1-3-6(4-2-5)12-15(13,14)7(9,10)11/h1-3,12H. The molecule has 0 heterocycles. The zero-order valence-corrected chi connectivity index (χ0v) is 7.79. The molecule has 0 fully saturated rings. The minimum absolute atomic E-state index is 0.478. The van der Waals surface area contributed by atoms with E-state index in [1.54, 1.807) is 0 Å². The van der Waals surface area contributed by atoms with Crippen LogP contribution >= 0.6 is 0 Å². The summed E-state index contributed by atoms with van der Waals surface area (Å²) in [6.07, 6.45) is 0. The second-order valence-electron chi connectivity index (χ2n) is 2.47. The summed E-state index contributed by atoms with van der Waals surface area (Å²) < 4.78 is 70.2. The summed E-state index contributed by atoms with van der Waals surface area (Å²) in [5, 5.41) is 0. The Balaban J connectivity index is 2.93. The van der Waals surface area contributed by atoms with E-state index in [0.717, 1.165) is 12.1 Å². The van der Waals surface area contributed by atoms with Crippen LogP contribution in [-0.4, -0.2) is 13.9 Å². The summed E-state index contributed by atoms with van der Waals surface area (Å²) >= 11 is 0. The SMILES string of the molecule is O=S(=O)(Nc1[c]cc(F)cc1)C(F)(F)F. The van der Waals surface area contributed by atoms with Gasteiger partial charge in [0.2, 0.25) is 0 Å². The first kappa shape index (κ1) is 11.8. The van der Waals surface area contributed by atoms with Gasteiger partial charge in [0, 0.05) is 6.07 Å². The third-order valence-corrected chi connectivity index (χ3v) is 2.42. The molecule has 1 aromatic rings. The molecule has 0 bridgehead atoms. The van der Waals surface area contributed by atoms with Crippen LogP contribution in [0, 0.1) is 11.9 Å². The van der Waals surface area contributed by atoms with Gasteiger partial charge >= 0.3 is 15.5 Å². The van der Waals surface area contributed by atoms with Crippen molar-refractivity contribution in [1.29, 1.82) is 0 Å². The Bertz CT molecular complexity index is 437. The van der Waals surface area contributed by atoms with Gasteiger partial charge in [-0.3, -0.25) is 4.72 Å². The molecule has 0 amide bonds. The van der Waals surface area contributed by atoms with Gasteiger partial charge in [0.15, 0.2) is 0 Å². The molecule has 83 valence electrons. The van der Waals surface area contributed by atoms with Crippen molar-refractivity contribution in [2.75, 3.05) is 4.72 Å². The van der Waals surface area contributed by atoms with Gasteiger partial charge in [-0.05, 0) is 18.2 Å². The summed E-state index contributed by atoms with van der Waals surface area (Å²) in [5.74, 6) is -0.732. The summed E-state index contributed by atoms with van der Waals surface area (Å²) in [6.45, 7) is 0. The van der Waals surface area contributed by atoms with E-state index in [1.165, 1.54) is 4.72 Å². The van der Waals surface area contributed by atoms with Crippen molar-refractivity contribution >= 4 is 15.7 Å². The lowest BCUT2D eigenvalue weighted by Crippen LogP contribution is -2.29. The Kier molecular flexibility index (Phi) is 2.89. The first-order valence-corrected chi connectivity index (χ1v) is 4.97. The van der Waals surface area contributed by atoms with E-state index in [9.17, 15) is 26.0 Å². The monoisotopic (exact) mass is 242 g/mol. The lowest BCUT2D eigenvalue weighted by atomic mass is 10.3. The van der Waals surface area contributed by atoms with Gasteiger partial charge in [0.1, 0.15) is 5.82 Å². The predicted octanol–water partition coefficient (Wildman–Crippen LogP) is 1.89. The molecule has 0 unspecified atom stereocenters. The average molecular weight is 242 g/mol. The van der Waals surface area contributed by atoms with E-state index in [4.69, 9.17) is 0 Å². The minimum Gasteiger partial charge on any atom is -0.275 e. The highest BCUT2D eigenvalue weighted by Gasteiger charge is 2.46. The topological polar surface area (TPSA) is 46.2 Å². The van der Waals surface area contributed by atoms with Crippen LogP contribution in [0.1, 0.15) is 0 Å². The molecule has 1 aromatic carbocycles. The Labute approximate surface area is 82.8 Å². The molecular formula is C7H4F4NO2S. The van der Waals surface area contributed by atoms with Gasteiger partial charge in [0.05, 0.1) is 5.69 Å². The zero-order valence-electron chi connectivity index (χ0n) is 6.97. The Hall–Kier alpha value is -1.31. The van der Waals surface area contributed by atoms with Crippen LogP contribution < -0.4 is 4.72 Å². The maximum absolute atomic E-state index is 12.3. The van der Waals surface area contributed by atoms with Crippen molar-refractivity contribution in [2.45, 2.75) is 5.51 Å². The molecule has 0 aromatic heterocycles. The maximum atomic E-state index is 12.3. The maximum Gasteiger partial charge on any atom is 0.516 e. The van der Waals surface area contributed by atoms with Crippen LogP contribution in [0.3, 0.4) is 0 Å². The van der Waals surface area contributed by atoms with E-state index in [0.29, 0.717) is 6.07 Å². The van der Waals surface area contributed by atoms with Crippen molar-refractivity contribution in [3.05, 3.63) is 30.1 Å². The minimum atomic E-state index is -5.47. The van der Waals surface area contributed by atoms with Gasteiger partial charge in [-0.1, -0.05) is 0 Å². The number of hydrogen-bond acceptors (Lipinski definition) is 2. The fraction of sp³-hybridized carbons (Fsp3) is 0.143. The fourth-order valence-electron chi connectivity index (χ4n) is 0.672. The molecule has 8 heteroatoms. The number of halogens is 4. The van der Waals surface area contributed by atoms with Crippen molar-refractivity contribution in [1.82, 2.24) is 0 Å². The smallest absolute Gasteiger partial charge is 0.275 e. The first-order chi connectivity index (χ1) is 6.72. The Morgan fingerprint density at radius 3 is 2.27 bits per heavy atom. The second kappa shape index (κ2) is 3.69. The van der Waals surface area contributed by atoms with Gasteiger partial charge in [-0.15, -0.1) is 0 Å². The second-order valence-corrected chi connectivity index (χ2v) is 4.15. The molecule has 1 radical (unpaired) electrons. The predicted molar refractivity (Wildman–Crippen MR) is 43.8 cm³/mol. The summed E-state index contributed by atoms with van der Waals surface area (Å²) in [5.41, 5.74) is -5.89. The largest absolute Gasteiger partial charge is 0.516 e. The molecule has 1 N–H and O–H groups in total. The molecule has 0 saturated carbocycles. The van der Waals surface area contributed by atoms with E-state index in [1.807, 2.05) is 6.07 Å². The molecule has 3 nitrogen and oxygen atoms in total. The summed E-state index contributed by atoms with van der Waals surface area (Å²) in [4.78, 5) is 0. The zero-order chi connectivity index (χ0) is 11.7. The van der Waals surface area contributed by atoms with E-state index < -0.39 is 27.0 Å². The molecule has 0 saturated heterocycles. The fourth-order valence-corrected chi connectivity index (χ4v) is 1.20. The Morgan fingerprint density at radius 2 is 1.87 bits per heavy atom. The van der Waals surface area contributed by atoms with Crippen LogP contribution in [0.2, 0.25) is 0 Å². The molecule has 0 aliphatic rings. The van der Waals surface area contributed by atoms with Gasteiger partial charge in [0.25, 0.3) is 0 Å². The number of sulfonamides is 1. The lowest BCUT2D eigenvalue weighted by molar-refractivity contribution is -0.0429. The highest BCUT2D eigenvalue weighted by molar-refractivity contribution is 7.93. The third kappa shape index (κ3) is 2.82. The molecule has 0 atom stereocenters. The quantitative estimate of drug-likeness (QED) is 0.805. The number of hydrogen-bond donors (Lipinski definition) is 1. The van der Waals surface area contributed by atoms with E-state index >= 15 is 0 Å². The van der Waals surface area contributed by atoms with Crippen molar-refractivity contribution in [3.8, 4) is 0 Å². The van der Waals surface area contributed by atoms with Crippen LogP contribution in [-0.2, 0) is 10.0 Å². The average Bonchev–Trinajstić information content (AvgIpc) is 2.06. The highest BCUT2D eigenvalue weighted by Crippen LogP contribution is 2.25. The first-order valence-electron chi connectivity index (χ1n) is 3.49. The van der Waals surface area contributed by atoms with Gasteiger partial charge in [-0.25, -0.2) is 4.39 Å². The van der Waals surface area contributed by atoms with Gasteiger partial charge in [-0.2, -0.15) is 21.6 Å². The van der Waals surface area contributed by atoms with Crippen LogP contribution in [0.5, 0.6) is 0 Å². The number of rotatable bonds is 2. The van der Waals surface area contributed by atoms with E-state index in [2.05, 4.69) is 0 Å². The molecule has 1 rings (SSSR count). The normalized spacial score (nSPS) is 12.5. The third-order valence-electron chi connectivity index (χ3n) is 1.32. The molecule has 0 aliphatic heterocycles. The number of alkyl halides is 3. The molecular weight excluding hydrogens is 238 g/mol. The van der Waals surface area contributed by atoms with Crippen molar-refractivity contribution in [3.63, 3.8) is 0 Å². The highest BCUT2D eigenvalue weighted by atomic mass is 32.2. The van der Waals surface area contributed by atoms with Gasteiger partial charge < -0.3 is 0 Å². The van der Waals surface area contributed by atoms with Crippen molar-refractivity contribution in [2.24, 2.45) is 0 Å². The molecule has 0 aliphatic carbocycles. The van der Waals surface area contributed by atoms with Crippen LogP contribution in [0.15, 0.2) is 18.2 Å².